The molecule has 0 fully saturated rings. The minimum atomic E-state index is 0.262. The van der Waals surface area contributed by atoms with Gasteiger partial charge < -0.3 is 10.6 Å². The molecule has 0 amide bonds. The number of aromatic nitrogens is 2. The lowest BCUT2D eigenvalue weighted by atomic mass is 10.2. The van der Waals surface area contributed by atoms with Crippen LogP contribution in [-0.2, 0) is 6.54 Å². The van der Waals surface area contributed by atoms with Gasteiger partial charge in [-0.2, -0.15) is 5.10 Å². The number of hydrogen-bond donors (Lipinski definition) is 2. The number of hydrogen-bond acceptors (Lipinski definition) is 3. The molecule has 0 aliphatic rings. The monoisotopic (exact) mass is 237 g/mol. The average molecular weight is 237 g/mol. The summed E-state index contributed by atoms with van der Waals surface area (Å²) < 4.78 is 1.93. The molecule has 1 aromatic heterocycles. The minimum Gasteiger partial charge on any atom is -0.388 e. The Balaban J connectivity index is 2.36. The van der Waals surface area contributed by atoms with E-state index >= 15 is 0 Å². The maximum absolute atomic E-state index is 7.28. The topological polar surface area (TPSA) is 70.9 Å². The molecule has 0 radical (unpaired) electrons. The van der Waals surface area contributed by atoms with Gasteiger partial charge >= 0.3 is 0 Å². The van der Waals surface area contributed by atoms with E-state index in [1.807, 2.05) is 16.9 Å². The van der Waals surface area contributed by atoms with E-state index < -0.39 is 0 Å². The number of amidine groups is 1. The summed E-state index contributed by atoms with van der Waals surface area (Å²) in [6.07, 6.45) is 4.41. The van der Waals surface area contributed by atoms with Crippen molar-refractivity contribution in [2.75, 3.05) is 19.6 Å². The molecule has 0 aliphatic carbocycles. The smallest absolute Gasteiger partial charge is 0.0918 e. The van der Waals surface area contributed by atoms with Crippen LogP contribution in [0.3, 0.4) is 0 Å². The summed E-state index contributed by atoms with van der Waals surface area (Å²) in [5, 5.41) is 11.5. The summed E-state index contributed by atoms with van der Waals surface area (Å²) in [6, 6.07) is 1.93. The van der Waals surface area contributed by atoms with Gasteiger partial charge in [0.1, 0.15) is 0 Å². The molecule has 0 saturated heterocycles. The van der Waals surface area contributed by atoms with Crippen LogP contribution in [0.1, 0.15) is 20.3 Å². The molecular weight excluding hydrogens is 214 g/mol. The lowest BCUT2D eigenvalue weighted by molar-refractivity contribution is 0.237. The van der Waals surface area contributed by atoms with E-state index in [-0.39, 0.29) is 5.84 Å². The van der Waals surface area contributed by atoms with Gasteiger partial charge in [-0.05, 0) is 12.0 Å². The predicted molar refractivity (Wildman–Crippen MR) is 70.0 cm³/mol. The highest BCUT2D eigenvalue weighted by Gasteiger charge is 2.08. The number of rotatable bonds is 8. The molecule has 1 rings (SSSR count). The summed E-state index contributed by atoms with van der Waals surface area (Å²) >= 11 is 0. The highest BCUT2D eigenvalue weighted by atomic mass is 15.3. The molecule has 0 unspecified atom stereocenters. The standard InChI is InChI=1S/C12H23N5/c1-11(2)10-16(7-4-12(13)14)8-9-17-6-3-5-15-17/h3,5-6,11H,4,7-10H2,1-2H3,(H3,13,14). The van der Waals surface area contributed by atoms with Crippen LogP contribution in [0.5, 0.6) is 0 Å². The quantitative estimate of drug-likeness (QED) is 0.526. The van der Waals surface area contributed by atoms with Crippen molar-refractivity contribution in [2.45, 2.75) is 26.8 Å². The molecule has 5 heteroatoms. The molecule has 0 spiro atoms. The molecule has 17 heavy (non-hydrogen) atoms. The predicted octanol–water partition coefficient (Wildman–Crippen LogP) is 1.17. The number of nitrogens with two attached hydrogens (primary N) is 1. The second-order valence-corrected chi connectivity index (χ2v) is 4.74. The number of nitrogens with zero attached hydrogens (tertiary/aromatic N) is 3. The van der Waals surface area contributed by atoms with Crippen LogP contribution >= 0.6 is 0 Å². The van der Waals surface area contributed by atoms with Crippen molar-refractivity contribution in [1.82, 2.24) is 14.7 Å². The third-order valence-electron chi connectivity index (χ3n) is 2.53. The van der Waals surface area contributed by atoms with Gasteiger partial charge in [0.2, 0.25) is 0 Å². The normalized spacial score (nSPS) is 11.3. The Hall–Kier alpha value is -1.36. The van der Waals surface area contributed by atoms with Crippen molar-refractivity contribution in [3.05, 3.63) is 18.5 Å². The fourth-order valence-corrected chi connectivity index (χ4v) is 1.77. The van der Waals surface area contributed by atoms with Crippen molar-refractivity contribution in [3.63, 3.8) is 0 Å². The summed E-state index contributed by atoms with van der Waals surface area (Å²) in [5.74, 6) is 0.887. The Kier molecular flexibility index (Phi) is 5.69. The largest absolute Gasteiger partial charge is 0.388 e. The summed E-state index contributed by atoms with van der Waals surface area (Å²) in [6.45, 7) is 8.14. The molecule has 0 aromatic carbocycles. The Morgan fingerprint density at radius 2 is 2.24 bits per heavy atom. The second kappa shape index (κ2) is 7.06. The van der Waals surface area contributed by atoms with Gasteiger partial charge in [0.05, 0.1) is 12.4 Å². The molecule has 5 nitrogen and oxygen atoms in total. The third kappa shape index (κ3) is 6.06. The minimum absolute atomic E-state index is 0.262. The molecule has 0 bridgehead atoms. The van der Waals surface area contributed by atoms with Crippen LogP contribution in [0.25, 0.3) is 0 Å². The van der Waals surface area contributed by atoms with E-state index in [1.165, 1.54) is 0 Å². The van der Waals surface area contributed by atoms with E-state index in [1.54, 1.807) is 6.20 Å². The van der Waals surface area contributed by atoms with Gasteiger partial charge in [-0.1, -0.05) is 13.8 Å². The van der Waals surface area contributed by atoms with Gasteiger partial charge in [0.25, 0.3) is 0 Å². The first-order valence-corrected chi connectivity index (χ1v) is 6.10. The van der Waals surface area contributed by atoms with Crippen molar-refractivity contribution in [2.24, 2.45) is 11.7 Å². The zero-order valence-corrected chi connectivity index (χ0v) is 10.8. The first-order valence-electron chi connectivity index (χ1n) is 6.10. The van der Waals surface area contributed by atoms with Crippen LogP contribution in [-0.4, -0.2) is 40.2 Å². The number of nitrogens with one attached hydrogen (secondary N) is 1. The van der Waals surface area contributed by atoms with Crippen molar-refractivity contribution < 1.29 is 0 Å². The molecule has 96 valence electrons. The molecule has 0 aliphatic heterocycles. The zero-order chi connectivity index (χ0) is 12.7. The maximum Gasteiger partial charge on any atom is 0.0918 e. The Bertz CT molecular complexity index is 318. The first kappa shape index (κ1) is 13.7. The highest BCUT2D eigenvalue weighted by Crippen LogP contribution is 2.00. The fraction of sp³-hybridized carbons (Fsp3) is 0.667. The lowest BCUT2D eigenvalue weighted by Gasteiger charge is -2.23. The van der Waals surface area contributed by atoms with Crippen LogP contribution in [0.15, 0.2) is 18.5 Å². The SMILES string of the molecule is CC(C)CN(CCC(=N)N)CCn1cccn1. The summed E-state index contributed by atoms with van der Waals surface area (Å²) in [4.78, 5) is 2.34. The first-order chi connectivity index (χ1) is 8.08. The van der Waals surface area contributed by atoms with Crippen molar-refractivity contribution in [3.8, 4) is 0 Å². The van der Waals surface area contributed by atoms with Crippen molar-refractivity contribution in [1.29, 1.82) is 5.41 Å². The van der Waals surface area contributed by atoms with Gasteiger partial charge in [-0.25, -0.2) is 0 Å². The van der Waals surface area contributed by atoms with E-state index in [0.29, 0.717) is 12.3 Å². The van der Waals surface area contributed by atoms with E-state index in [4.69, 9.17) is 11.1 Å². The van der Waals surface area contributed by atoms with Crippen LogP contribution in [0.2, 0.25) is 0 Å². The zero-order valence-electron chi connectivity index (χ0n) is 10.8. The van der Waals surface area contributed by atoms with E-state index in [0.717, 1.165) is 26.2 Å². The maximum atomic E-state index is 7.28. The Morgan fingerprint density at radius 3 is 2.76 bits per heavy atom. The lowest BCUT2D eigenvalue weighted by Crippen LogP contribution is -2.34. The van der Waals surface area contributed by atoms with Crippen molar-refractivity contribution >= 4 is 5.84 Å². The van der Waals surface area contributed by atoms with Gasteiger partial charge in [0.15, 0.2) is 0 Å². The van der Waals surface area contributed by atoms with E-state index in [9.17, 15) is 0 Å². The second-order valence-electron chi connectivity index (χ2n) is 4.74. The van der Waals surface area contributed by atoms with E-state index in [2.05, 4.69) is 23.8 Å². The molecule has 0 saturated carbocycles. The summed E-state index contributed by atoms with van der Waals surface area (Å²) in [5.41, 5.74) is 5.40. The molecule has 0 atom stereocenters. The van der Waals surface area contributed by atoms with Gasteiger partial charge in [-0.3, -0.25) is 10.1 Å². The Morgan fingerprint density at radius 1 is 1.47 bits per heavy atom. The van der Waals surface area contributed by atoms with Crippen LogP contribution in [0.4, 0.5) is 0 Å². The molecular formula is C12H23N5. The van der Waals surface area contributed by atoms with Gasteiger partial charge in [0, 0.05) is 38.4 Å². The van der Waals surface area contributed by atoms with Crippen LogP contribution in [0, 0.1) is 11.3 Å². The average Bonchev–Trinajstić information content (AvgIpc) is 2.74. The molecule has 3 N–H and O–H groups in total. The third-order valence-corrected chi connectivity index (χ3v) is 2.53. The fourth-order valence-electron chi connectivity index (χ4n) is 1.77. The van der Waals surface area contributed by atoms with Crippen LogP contribution < -0.4 is 5.73 Å². The molecule has 1 heterocycles. The van der Waals surface area contributed by atoms with Gasteiger partial charge in [-0.15, -0.1) is 0 Å². The summed E-state index contributed by atoms with van der Waals surface area (Å²) in [7, 11) is 0. The highest BCUT2D eigenvalue weighted by molar-refractivity contribution is 5.76. The molecule has 1 aromatic rings. The Labute approximate surface area is 103 Å².